The third kappa shape index (κ3) is 4.27. The van der Waals surface area contributed by atoms with Crippen molar-refractivity contribution in [2.45, 2.75) is 19.1 Å². The van der Waals surface area contributed by atoms with Crippen molar-refractivity contribution in [1.29, 1.82) is 0 Å². The molecule has 0 aliphatic rings. The Bertz CT molecular complexity index is 646. The van der Waals surface area contributed by atoms with E-state index in [-0.39, 0.29) is 6.04 Å². The summed E-state index contributed by atoms with van der Waals surface area (Å²) in [5.74, 6) is -1.08. The van der Waals surface area contributed by atoms with Crippen molar-refractivity contribution >= 4 is 0 Å². The fourth-order valence-electron chi connectivity index (χ4n) is 2.39. The summed E-state index contributed by atoms with van der Waals surface area (Å²) in [6.07, 6.45) is -0.893. The van der Waals surface area contributed by atoms with Gasteiger partial charge in [-0.1, -0.05) is 18.2 Å². The van der Waals surface area contributed by atoms with Gasteiger partial charge in [0, 0.05) is 12.6 Å². The predicted molar refractivity (Wildman–Crippen MR) is 85.4 cm³/mol. The molecule has 3 nitrogen and oxygen atoms in total. The Morgan fingerprint density at radius 2 is 1.65 bits per heavy atom. The van der Waals surface area contributed by atoms with E-state index in [1.165, 1.54) is 6.07 Å². The topological polar surface area (TPSA) is 32.7 Å². The van der Waals surface area contributed by atoms with Gasteiger partial charge in [0.2, 0.25) is 0 Å². The number of methoxy groups -OCH3 is 1. The summed E-state index contributed by atoms with van der Waals surface area (Å²) in [7, 11) is 3.49. The molecule has 2 aromatic rings. The maximum Gasteiger partial charge on any atom is 0.159 e. The van der Waals surface area contributed by atoms with Gasteiger partial charge in [-0.25, -0.2) is 8.78 Å². The second-order valence-corrected chi connectivity index (χ2v) is 5.58. The Morgan fingerprint density at radius 3 is 2.22 bits per heavy atom. The highest BCUT2D eigenvalue weighted by atomic mass is 19.2. The van der Waals surface area contributed by atoms with E-state index in [4.69, 9.17) is 4.74 Å². The summed E-state index contributed by atoms with van der Waals surface area (Å²) in [6, 6.07) is 11.2. The largest absolute Gasteiger partial charge is 0.497 e. The van der Waals surface area contributed by atoms with Gasteiger partial charge in [-0.3, -0.25) is 4.90 Å². The average Bonchev–Trinajstić information content (AvgIpc) is 2.56. The molecule has 0 bridgehead atoms. The van der Waals surface area contributed by atoms with E-state index >= 15 is 0 Å². The minimum absolute atomic E-state index is 0.0563. The first-order chi connectivity index (χ1) is 10.9. The van der Waals surface area contributed by atoms with Crippen LogP contribution in [0.4, 0.5) is 8.78 Å². The molecule has 0 saturated heterocycles. The van der Waals surface area contributed by atoms with Crippen LogP contribution >= 0.6 is 0 Å². The van der Waals surface area contributed by atoms with Gasteiger partial charge in [0.1, 0.15) is 5.75 Å². The van der Waals surface area contributed by atoms with Crippen LogP contribution in [0.5, 0.6) is 5.75 Å². The Hall–Kier alpha value is -1.98. The molecule has 2 unspecified atom stereocenters. The highest BCUT2D eigenvalue weighted by molar-refractivity contribution is 5.29. The normalized spacial score (nSPS) is 13.9. The lowest BCUT2D eigenvalue weighted by Crippen LogP contribution is -2.27. The molecule has 0 aliphatic heterocycles. The van der Waals surface area contributed by atoms with E-state index in [0.29, 0.717) is 12.1 Å². The Balaban J connectivity index is 2.04. The number of halogens is 2. The highest BCUT2D eigenvalue weighted by Gasteiger charge is 2.18. The van der Waals surface area contributed by atoms with Gasteiger partial charge in [-0.05, 0) is 49.4 Å². The first-order valence-corrected chi connectivity index (χ1v) is 7.39. The standard InChI is InChI=1S/C18H21F2NO2/c1-12(13-4-7-15(23-3)8-5-13)21(2)11-18(22)14-6-9-16(19)17(20)10-14/h4-10,12,18,22H,11H2,1-3H3. The van der Waals surface area contributed by atoms with Crippen LogP contribution in [0.15, 0.2) is 42.5 Å². The molecule has 2 atom stereocenters. The Kier molecular flexibility index (Phi) is 5.69. The van der Waals surface area contributed by atoms with Crippen molar-refractivity contribution in [2.75, 3.05) is 20.7 Å². The molecule has 0 spiro atoms. The zero-order valence-electron chi connectivity index (χ0n) is 13.5. The van der Waals surface area contributed by atoms with Gasteiger partial charge in [0.25, 0.3) is 0 Å². The zero-order chi connectivity index (χ0) is 17.0. The molecule has 0 fully saturated rings. The molecule has 0 aromatic heterocycles. The first kappa shape index (κ1) is 17.4. The number of hydrogen-bond donors (Lipinski definition) is 1. The lowest BCUT2D eigenvalue weighted by molar-refractivity contribution is 0.108. The van der Waals surface area contributed by atoms with E-state index in [0.717, 1.165) is 23.4 Å². The fourth-order valence-corrected chi connectivity index (χ4v) is 2.39. The van der Waals surface area contributed by atoms with Crippen molar-refractivity contribution in [2.24, 2.45) is 0 Å². The summed E-state index contributed by atoms with van der Waals surface area (Å²) in [6.45, 7) is 2.32. The quantitative estimate of drug-likeness (QED) is 0.880. The van der Waals surface area contributed by atoms with Crippen LogP contribution in [0.3, 0.4) is 0 Å². The number of hydrogen-bond acceptors (Lipinski definition) is 3. The van der Waals surface area contributed by atoms with Crippen molar-refractivity contribution in [1.82, 2.24) is 4.90 Å². The fraction of sp³-hybridized carbons (Fsp3) is 0.333. The molecule has 5 heteroatoms. The molecule has 124 valence electrons. The maximum absolute atomic E-state index is 13.3. The Labute approximate surface area is 135 Å². The first-order valence-electron chi connectivity index (χ1n) is 7.39. The molecule has 0 heterocycles. The van der Waals surface area contributed by atoms with Gasteiger partial charge < -0.3 is 9.84 Å². The monoisotopic (exact) mass is 321 g/mol. The molecule has 0 aliphatic carbocycles. The van der Waals surface area contributed by atoms with E-state index < -0.39 is 17.7 Å². The second-order valence-electron chi connectivity index (χ2n) is 5.58. The summed E-state index contributed by atoms with van der Waals surface area (Å²) in [5.41, 5.74) is 1.43. The van der Waals surface area contributed by atoms with Gasteiger partial charge in [-0.15, -0.1) is 0 Å². The highest BCUT2D eigenvalue weighted by Crippen LogP contribution is 2.24. The van der Waals surface area contributed by atoms with Crippen molar-refractivity contribution in [3.63, 3.8) is 0 Å². The Morgan fingerprint density at radius 1 is 1.04 bits per heavy atom. The van der Waals surface area contributed by atoms with Crippen LogP contribution in [-0.2, 0) is 0 Å². The lowest BCUT2D eigenvalue weighted by Gasteiger charge is -2.27. The zero-order valence-corrected chi connectivity index (χ0v) is 13.5. The van der Waals surface area contributed by atoms with Gasteiger partial charge in [-0.2, -0.15) is 0 Å². The maximum atomic E-state index is 13.3. The van der Waals surface area contributed by atoms with Crippen LogP contribution in [-0.4, -0.2) is 30.7 Å². The molecule has 0 saturated carbocycles. The van der Waals surface area contributed by atoms with Crippen molar-refractivity contribution < 1.29 is 18.6 Å². The summed E-state index contributed by atoms with van der Waals surface area (Å²) < 4.78 is 31.4. The summed E-state index contributed by atoms with van der Waals surface area (Å²) in [4.78, 5) is 1.95. The minimum atomic E-state index is -0.951. The lowest BCUT2D eigenvalue weighted by atomic mass is 10.0. The summed E-state index contributed by atoms with van der Waals surface area (Å²) >= 11 is 0. The number of benzene rings is 2. The number of likely N-dealkylation sites (N-methyl/N-ethyl adjacent to an activating group) is 1. The van der Waals surface area contributed by atoms with Crippen molar-refractivity contribution in [3.05, 3.63) is 65.2 Å². The number of rotatable bonds is 6. The smallest absolute Gasteiger partial charge is 0.159 e. The van der Waals surface area contributed by atoms with Gasteiger partial charge in [0.05, 0.1) is 13.2 Å². The van der Waals surface area contributed by atoms with Crippen LogP contribution < -0.4 is 4.74 Å². The number of nitrogens with zero attached hydrogens (tertiary/aromatic N) is 1. The number of aliphatic hydroxyl groups excluding tert-OH is 1. The molecule has 0 radical (unpaired) electrons. The molecule has 1 N–H and O–H groups in total. The van der Waals surface area contributed by atoms with Crippen LogP contribution in [0.2, 0.25) is 0 Å². The van der Waals surface area contributed by atoms with Gasteiger partial charge in [0.15, 0.2) is 11.6 Å². The number of ether oxygens (including phenoxy) is 1. The van der Waals surface area contributed by atoms with Gasteiger partial charge >= 0.3 is 0 Å². The second kappa shape index (κ2) is 7.53. The average molecular weight is 321 g/mol. The molecule has 23 heavy (non-hydrogen) atoms. The van der Waals surface area contributed by atoms with Crippen molar-refractivity contribution in [3.8, 4) is 5.75 Å². The van der Waals surface area contributed by atoms with Crippen LogP contribution in [0.25, 0.3) is 0 Å². The third-order valence-corrected chi connectivity index (χ3v) is 4.05. The van der Waals surface area contributed by atoms with E-state index in [1.54, 1.807) is 7.11 Å². The molecular formula is C18H21F2NO2. The minimum Gasteiger partial charge on any atom is -0.497 e. The predicted octanol–water partition coefficient (Wildman–Crippen LogP) is 3.70. The van der Waals surface area contributed by atoms with Crippen LogP contribution in [0, 0.1) is 11.6 Å². The molecular weight excluding hydrogens is 300 g/mol. The SMILES string of the molecule is COc1ccc(C(C)N(C)CC(O)c2ccc(F)c(F)c2)cc1. The summed E-state index contributed by atoms with van der Waals surface area (Å²) in [5, 5.41) is 10.2. The molecule has 2 rings (SSSR count). The third-order valence-electron chi connectivity index (χ3n) is 4.05. The number of aliphatic hydroxyl groups is 1. The molecule has 0 amide bonds. The van der Waals surface area contributed by atoms with Crippen LogP contribution in [0.1, 0.15) is 30.2 Å². The van der Waals surface area contributed by atoms with E-state index in [9.17, 15) is 13.9 Å². The van der Waals surface area contributed by atoms with E-state index in [2.05, 4.69) is 0 Å². The van der Waals surface area contributed by atoms with E-state index in [1.807, 2.05) is 43.1 Å². The molecule has 2 aromatic carbocycles.